The maximum absolute atomic E-state index is 12.2. The van der Waals surface area contributed by atoms with Gasteiger partial charge >= 0.3 is 5.76 Å². The molecular weight excluding hydrogens is 322 g/mol. The van der Waals surface area contributed by atoms with Crippen molar-refractivity contribution in [3.8, 4) is 0 Å². The summed E-state index contributed by atoms with van der Waals surface area (Å²) in [5.74, 6) is -0.373. The van der Waals surface area contributed by atoms with Crippen molar-refractivity contribution in [3.63, 3.8) is 0 Å². The second-order valence-corrected chi connectivity index (χ2v) is 6.06. The summed E-state index contributed by atoms with van der Waals surface area (Å²) in [6.45, 7) is 2.83. The van der Waals surface area contributed by atoms with Crippen LogP contribution >= 0.6 is 0 Å². The van der Waals surface area contributed by atoms with Gasteiger partial charge in [-0.05, 0) is 25.0 Å². The number of aromatic nitrogens is 2. The molecule has 0 bridgehead atoms. The molecule has 7 heteroatoms. The van der Waals surface area contributed by atoms with Crippen LogP contribution in [0, 0.1) is 0 Å². The SMILES string of the molecule is CCc1nn(CCCCCCN2C(=O)c3ccccc3C2=O)c(=O)o1. The van der Waals surface area contributed by atoms with E-state index in [0.717, 1.165) is 25.7 Å². The average Bonchev–Trinajstić information content (AvgIpc) is 3.10. The highest BCUT2D eigenvalue weighted by atomic mass is 16.4. The summed E-state index contributed by atoms with van der Waals surface area (Å²) in [6.07, 6.45) is 3.92. The number of hydrogen-bond donors (Lipinski definition) is 0. The first-order chi connectivity index (χ1) is 12.1. The van der Waals surface area contributed by atoms with Crippen molar-refractivity contribution >= 4 is 11.8 Å². The van der Waals surface area contributed by atoms with E-state index in [1.807, 2.05) is 6.92 Å². The van der Waals surface area contributed by atoms with Crippen LogP contribution in [0.5, 0.6) is 0 Å². The van der Waals surface area contributed by atoms with Crippen LogP contribution in [0.4, 0.5) is 0 Å². The standard InChI is InChI=1S/C18H21N3O4/c1-2-15-19-21(18(24)25-15)12-8-4-3-7-11-20-16(22)13-9-5-6-10-14(13)17(20)23/h5-6,9-10H,2-4,7-8,11-12H2,1H3. The van der Waals surface area contributed by atoms with E-state index >= 15 is 0 Å². The van der Waals surface area contributed by atoms with E-state index in [-0.39, 0.29) is 11.8 Å². The zero-order chi connectivity index (χ0) is 17.8. The Balaban J connectivity index is 1.41. The Hall–Kier alpha value is -2.70. The molecule has 0 fully saturated rings. The van der Waals surface area contributed by atoms with Gasteiger partial charge in [0.2, 0.25) is 5.89 Å². The molecule has 1 aliphatic heterocycles. The highest BCUT2D eigenvalue weighted by Crippen LogP contribution is 2.22. The molecule has 1 aromatic heterocycles. The quantitative estimate of drug-likeness (QED) is 0.542. The molecule has 0 unspecified atom stereocenters. The minimum atomic E-state index is -0.414. The number of fused-ring (bicyclic) bond motifs is 1. The molecule has 2 amide bonds. The predicted octanol–water partition coefficient (Wildman–Crippen LogP) is 2.26. The van der Waals surface area contributed by atoms with Gasteiger partial charge in [0.25, 0.3) is 11.8 Å². The predicted molar refractivity (Wildman–Crippen MR) is 90.4 cm³/mol. The van der Waals surface area contributed by atoms with E-state index in [4.69, 9.17) is 4.42 Å². The van der Waals surface area contributed by atoms with Crippen LogP contribution in [0.1, 0.15) is 59.2 Å². The summed E-state index contributed by atoms with van der Waals surface area (Å²) >= 11 is 0. The molecule has 0 saturated heterocycles. The molecule has 3 rings (SSSR count). The lowest BCUT2D eigenvalue weighted by Crippen LogP contribution is -2.30. The number of rotatable bonds is 8. The number of amides is 2. The summed E-state index contributed by atoms with van der Waals surface area (Å²) in [7, 11) is 0. The summed E-state index contributed by atoms with van der Waals surface area (Å²) in [5.41, 5.74) is 0.981. The zero-order valence-electron chi connectivity index (χ0n) is 14.2. The summed E-state index contributed by atoms with van der Waals surface area (Å²) in [6, 6.07) is 6.91. The third-order valence-corrected chi connectivity index (χ3v) is 4.33. The molecule has 1 aliphatic rings. The number of nitrogens with zero attached hydrogens (tertiary/aromatic N) is 3. The molecule has 0 aliphatic carbocycles. The Bertz CT molecular complexity index is 802. The van der Waals surface area contributed by atoms with E-state index in [1.54, 1.807) is 24.3 Å². The maximum Gasteiger partial charge on any atom is 0.437 e. The normalized spacial score (nSPS) is 13.6. The molecule has 0 N–H and O–H groups in total. The van der Waals surface area contributed by atoms with Crippen molar-refractivity contribution in [3.05, 3.63) is 51.8 Å². The molecule has 2 aromatic rings. The topological polar surface area (TPSA) is 85.4 Å². The van der Waals surface area contributed by atoms with E-state index in [2.05, 4.69) is 5.10 Å². The molecule has 0 atom stereocenters. The van der Waals surface area contributed by atoms with Crippen LogP contribution in [0.15, 0.2) is 33.5 Å². The van der Waals surface area contributed by atoms with Gasteiger partial charge in [-0.3, -0.25) is 14.5 Å². The number of carbonyl (C=O) groups excluding carboxylic acids is 2. The summed E-state index contributed by atoms with van der Waals surface area (Å²) in [4.78, 5) is 37.3. The van der Waals surface area contributed by atoms with E-state index in [0.29, 0.717) is 36.5 Å². The monoisotopic (exact) mass is 343 g/mol. The van der Waals surface area contributed by atoms with Crippen molar-refractivity contribution in [2.24, 2.45) is 0 Å². The molecular formula is C18H21N3O4. The van der Waals surface area contributed by atoms with E-state index in [1.165, 1.54) is 9.58 Å². The first kappa shape index (κ1) is 17.1. The Morgan fingerprint density at radius 1 is 0.920 bits per heavy atom. The lowest BCUT2D eigenvalue weighted by atomic mass is 10.1. The smallest absolute Gasteiger partial charge is 0.392 e. The first-order valence-electron chi connectivity index (χ1n) is 8.64. The highest BCUT2D eigenvalue weighted by Gasteiger charge is 2.34. The zero-order valence-corrected chi connectivity index (χ0v) is 14.2. The van der Waals surface area contributed by atoms with Gasteiger partial charge in [0.1, 0.15) is 0 Å². The summed E-state index contributed by atoms with van der Waals surface area (Å²) < 4.78 is 6.33. The van der Waals surface area contributed by atoms with Gasteiger partial charge in [0, 0.05) is 19.5 Å². The van der Waals surface area contributed by atoms with Gasteiger partial charge in [-0.2, -0.15) is 4.68 Å². The van der Waals surface area contributed by atoms with Gasteiger partial charge in [-0.25, -0.2) is 4.79 Å². The lowest BCUT2D eigenvalue weighted by Gasteiger charge is -2.13. The fourth-order valence-corrected chi connectivity index (χ4v) is 2.96. The molecule has 0 radical (unpaired) electrons. The van der Waals surface area contributed by atoms with Gasteiger partial charge in [0.15, 0.2) is 0 Å². The Labute approximate surface area is 145 Å². The molecule has 0 saturated carbocycles. The fourth-order valence-electron chi connectivity index (χ4n) is 2.96. The van der Waals surface area contributed by atoms with Crippen molar-refractivity contribution in [1.29, 1.82) is 0 Å². The highest BCUT2D eigenvalue weighted by molar-refractivity contribution is 6.21. The molecule has 25 heavy (non-hydrogen) atoms. The fraction of sp³-hybridized carbons (Fsp3) is 0.444. The summed E-state index contributed by atoms with van der Waals surface area (Å²) in [5, 5.41) is 4.09. The number of imide groups is 1. The third kappa shape index (κ3) is 3.55. The van der Waals surface area contributed by atoms with Crippen molar-refractivity contribution in [1.82, 2.24) is 14.7 Å². The third-order valence-electron chi connectivity index (χ3n) is 4.33. The van der Waals surface area contributed by atoms with E-state index < -0.39 is 5.76 Å². The van der Waals surface area contributed by atoms with E-state index in [9.17, 15) is 14.4 Å². The van der Waals surface area contributed by atoms with Gasteiger partial charge in [-0.15, -0.1) is 5.10 Å². The molecule has 132 valence electrons. The van der Waals surface area contributed by atoms with Crippen LogP contribution < -0.4 is 5.76 Å². The van der Waals surface area contributed by atoms with Crippen LogP contribution in [0.25, 0.3) is 0 Å². The average molecular weight is 343 g/mol. The van der Waals surface area contributed by atoms with Crippen LogP contribution in [0.2, 0.25) is 0 Å². The number of aryl methyl sites for hydroxylation is 2. The molecule has 0 spiro atoms. The Morgan fingerprint density at radius 2 is 1.52 bits per heavy atom. The van der Waals surface area contributed by atoms with Gasteiger partial charge in [0.05, 0.1) is 11.1 Å². The number of hydrogen-bond acceptors (Lipinski definition) is 5. The molecule has 1 aromatic carbocycles. The number of carbonyl (C=O) groups is 2. The largest absolute Gasteiger partial charge is 0.437 e. The molecule has 2 heterocycles. The van der Waals surface area contributed by atoms with Gasteiger partial charge < -0.3 is 4.42 Å². The first-order valence-corrected chi connectivity index (χ1v) is 8.64. The van der Waals surface area contributed by atoms with Crippen LogP contribution in [-0.2, 0) is 13.0 Å². The Morgan fingerprint density at radius 3 is 2.08 bits per heavy atom. The minimum Gasteiger partial charge on any atom is -0.392 e. The second-order valence-electron chi connectivity index (χ2n) is 6.06. The van der Waals surface area contributed by atoms with Crippen LogP contribution in [-0.4, -0.2) is 33.0 Å². The Kier molecular flexibility index (Phi) is 5.11. The molecule has 7 nitrogen and oxygen atoms in total. The van der Waals surface area contributed by atoms with Gasteiger partial charge in [-0.1, -0.05) is 31.9 Å². The van der Waals surface area contributed by atoms with Crippen molar-refractivity contribution < 1.29 is 14.0 Å². The number of unbranched alkanes of at least 4 members (excludes halogenated alkanes) is 3. The van der Waals surface area contributed by atoms with Crippen LogP contribution in [0.3, 0.4) is 0 Å². The van der Waals surface area contributed by atoms with Crippen molar-refractivity contribution in [2.45, 2.75) is 45.6 Å². The minimum absolute atomic E-state index is 0.207. The lowest BCUT2D eigenvalue weighted by molar-refractivity contribution is 0.0651. The maximum atomic E-state index is 12.2. The number of benzene rings is 1. The van der Waals surface area contributed by atoms with Crippen molar-refractivity contribution in [2.75, 3.05) is 6.54 Å². The second kappa shape index (κ2) is 7.46.